The van der Waals surface area contributed by atoms with Gasteiger partial charge in [0.2, 0.25) is 0 Å². The van der Waals surface area contributed by atoms with Crippen molar-refractivity contribution >= 4 is 12.1 Å². The molecule has 5 heteroatoms. The maximum absolute atomic E-state index is 11.3. The van der Waals surface area contributed by atoms with Crippen molar-refractivity contribution in [2.24, 2.45) is 0 Å². The SMILES string of the molecule is COC(=O)[C@@H]1CCCCN1C(=O)OC. The van der Waals surface area contributed by atoms with Gasteiger partial charge in [0.15, 0.2) is 0 Å². The van der Waals surface area contributed by atoms with Gasteiger partial charge in [0.25, 0.3) is 0 Å². The molecule has 0 N–H and O–H groups in total. The average molecular weight is 201 g/mol. The molecule has 0 aromatic heterocycles. The van der Waals surface area contributed by atoms with Crippen molar-refractivity contribution in [1.82, 2.24) is 4.90 Å². The molecule has 0 aromatic rings. The molecule has 1 fully saturated rings. The number of amides is 1. The number of carbonyl (C=O) groups is 2. The van der Waals surface area contributed by atoms with Crippen LogP contribution in [0.2, 0.25) is 0 Å². The Morgan fingerprint density at radius 1 is 1.21 bits per heavy atom. The number of esters is 1. The molecule has 1 amide bonds. The van der Waals surface area contributed by atoms with Gasteiger partial charge in [-0.2, -0.15) is 0 Å². The van der Waals surface area contributed by atoms with Crippen molar-refractivity contribution in [3.63, 3.8) is 0 Å². The summed E-state index contributed by atoms with van der Waals surface area (Å²) in [7, 11) is 2.64. The van der Waals surface area contributed by atoms with Crippen molar-refractivity contribution in [3.8, 4) is 0 Å². The first-order chi connectivity index (χ1) is 6.70. The fraction of sp³-hybridized carbons (Fsp3) is 0.778. The van der Waals surface area contributed by atoms with Gasteiger partial charge in [0.05, 0.1) is 14.2 Å². The smallest absolute Gasteiger partial charge is 0.410 e. The van der Waals surface area contributed by atoms with Crippen molar-refractivity contribution in [2.75, 3.05) is 20.8 Å². The molecule has 14 heavy (non-hydrogen) atoms. The van der Waals surface area contributed by atoms with E-state index in [2.05, 4.69) is 9.47 Å². The van der Waals surface area contributed by atoms with Crippen LogP contribution in [0.1, 0.15) is 19.3 Å². The second-order valence-corrected chi connectivity index (χ2v) is 3.20. The summed E-state index contributed by atoms with van der Waals surface area (Å²) in [5.74, 6) is -0.366. The van der Waals surface area contributed by atoms with E-state index in [0.29, 0.717) is 13.0 Å². The lowest BCUT2D eigenvalue weighted by atomic mass is 10.0. The van der Waals surface area contributed by atoms with E-state index in [4.69, 9.17) is 0 Å². The molecule has 1 aliphatic heterocycles. The molecule has 0 aliphatic carbocycles. The van der Waals surface area contributed by atoms with E-state index < -0.39 is 12.1 Å². The highest BCUT2D eigenvalue weighted by Crippen LogP contribution is 2.18. The monoisotopic (exact) mass is 201 g/mol. The number of hydrogen-bond donors (Lipinski definition) is 0. The summed E-state index contributed by atoms with van der Waals surface area (Å²) in [5, 5.41) is 0. The summed E-state index contributed by atoms with van der Waals surface area (Å²) in [6.45, 7) is 0.562. The van der Waals surface area contributed by atoms with Crippen LogP contribution in [0.4, 0.5) is 4.79 Å². The quantitative estimate of drug-likeness (QED) is 0.588. The molecular weight excluding hydrogens is 186 g/mol. The second-order valence-electron chi connectivity index (χ2n) is 3.20. The Labute approximate surface area is 83.0 Å². The first kappa shape index (κ1) is 10.8. The molecule has 5 nitrogen and oxygen atoms in total. The summed E-state index contributed by atoms with van der Waals surface area (Å²) < 4.78 is 9.22. The minimum absolute atomic E-state index is 0.366. The minimum Gasteiger partial charge on any atom is -0.467 e. The van der Waals surface area contributed by atoms with Crippen molar-refractivity contribution in [3.05, 3.63) is 0 Å². The van der Waals surface area contributed by atoms with Gasteiger partial charge in [-0.05, 0) is 19.3 Å². The van der Waals surface area contributed by atoms with Gasteiger partial charge in [-0.15, -0.1) is 0 Å². The van der Waals surface area contributed by atoms with Crippen LogP contribution in [0.15, 0.2) is 0 Å². The van der Waals surface area contributed by atoms with Crippen LogP contribution in [0.3, 0.4) is 0 Å². The lowest BCUT2D eigenvalue weighted by Gasteiger charge is -2.32. The standard InChI is InChI=1S/C9H15NO4/c1-13-8(11)7-5-3-4-6-10(7)9(12)14-2/h7H,3-6H2,1-2H3/t7-/m0/s1. The highest BCUT2D eigenvalue weighted by atomic mass is 16.5. The minimum atomic E-state index is -0.471. The van der Waals surface area contributed by atoms with Gasteiger partial charge in [0.1, 0.15) is 6.04 Å². The molecule has 0 unspecified atom stereocenters. The molecule has 0 spiro atoms. The molecule has 1 rings (SSSR count). The van der Waals surface area contributed by atoms with Gasteiger partial charge in [0, 0.05) is 6.54 Å². The van der Waals surface area contributed by atoms with Crippen molar-refractivity contribution in [2.45, 2.75) is 25.3 Å². The summed E-state index contributed by atoms with van der Waals surface area (Å²) in [6.07, 6.45) is 2.04. The third-order valence-electron chi connectivity index (χ3n) is 2.39. The van der Waals surface area contributed by atoms with E-state index in [1.165, 1.54) is 19.1 Å². The third kappa shape index (κ3) is 2.16. The molecule has 1 atom stereocenters. The molecule has 0 saturated carbocycles. The van der Waals surface area contributed by atoms with Crippen LogP contribution in [0, 0.1) is 0 Å². The number of ether oxygens (including phenoxy) is 2. The van der Waals surface area contributed by atoms with Crippen molar-refractivity contribution in [1.29, 1.82) is 0 Å². The molecule has 0 bridgehead atoms. The Morgan fingerprint density at radius 2 is 1.93 bits per heavy atom. The highest BCUT2D eigenvalue weighted by molar-refractivity contribution is 5.81. The molecule has 80 valence electrons. The van der Waals surface area contributed by atoms with E-state index in [1.807, 2.05) is 0 Å². The van der Waals surface area contributed by atoms with E-state index in [9.17, 15) is 9.59 Å². The fourth-order valence-corrected chi connectivity index (χ4v) is 1.65. The Balaban J connectivity index is 2.68. The molecular formula is C9H15NO4. The Morgan fingerprint density at radius 3 is 2.50 bits per heavy atom. The number of nitrogens with zero attached hydrogens (tertiary/aromatic N) is 1. The van der Waals surface area contributed by atoms with Crippen LogP contribution in [-0.4, -0.2) is 43.8 Å². The number of carbonyl (C=O) groups excluding carboxylic acids is 2. The first-order valence-corrected chi connectivity index (χ1v) is 4.63. The topological polar surface area (TPSA) is 55.8 Å². The van der Waals surface area contributed by atoms with E-state index >= 15 is 0 Å². The Kier molecular flexibility index (Phi) is 3.73. The molecule has 0 radical (unpaired) electrons. The van der Waals surface area contributed by atoms with Gasteiger partial charge >= 0.3 is 12.1 Å². The highest BCUT2D eigenvalue weighted by Gasteiger charge is 2.33. The van der Waals surface area contributed by atoms with Crippen LogP contribution in [0.25, 0.3) is 0 Å². The second kappa shape index (κ2) is 4.83. The summed E-state index contributed by atoms with van der Waals surface area (Å²) in [4.78, 5) is 24.0. The summed E-state index contributed by atoms with van der Waals surface area (Å²) in [5.41, 5.74) is 0. The van der Waals surface area contributed by atoms with Crippen LogP contribution in [0.5, 0.6) is 0 Å². The van der Waals surface area contributed by atoms with Crippen LogP contribution in [-0.2, 0) is 14.3 Å². The predicted octanol–water partition coefficient (Wildman–Crippen LogP) is 0.780. The number of methoxy groups -OCH3 is 2. The normalized spacial score (nSPS) is 21.6. The average Bonchev–Trinajstić information content (AvgIpc) is 2.27. The predicted molar refractivity (Wildman–Crippen MR) is 48.8 cm³/mol. The zero-order valence-corrected chi connectivity index (χ0v) is 8.49. The van der Waals surface area contributed by atoms with Crippen LogP contribution < -0.4 is 0 Å². The maximum atomic E-state index is 11.3. The maximum Gasteiger partial charge on any atom is 0.410 e. The van der Waals surface area contributed by atoms with Crippen molar-refractivity contribution < 1.29 is 19.1 Å². The number of likely N-dealkylation sites (tertiary alicyclic amines) is 1. The van der Waals surface area contributed by atoms with E-state index in [1.54, 1.807) is 0 Å². The van der Waals surface area contributed by atoms with Gasteiger partial charge in [-0.25, -0.2) is 9.59 Å². The Hall–Kier alpha value is -1.26. The largest absolute Gasteiger partial charge is 0.467 e. The lowest BCUT2D eigenvalue weighted by molar-refractivity contribution is -0.147. The molecule has 1 heterocycles. The zero-order valence-electron chi connectivity index (χ0n) is 8.49. The van der Waals surface area contributed by atoms with E-state index in [-0.39, 0.29) is 5.97 Å². The molecule has 1 saturated heterocycles. The molecule has 0 aromatic carbocycles. The Bertz CT molecular complexity index is 205. The third-order valence-corrected chi connectivity index (χ3v) is 2.39. The van der Waals surface area contributed by atoms with Crippen LogP contribution >= 0.6 is 0 Å². The van der Waals surface area contributed by atoms with E-state index in [0.717, 1.165) is 12.8 Å². The van der Waals surface area contributed by atoms with Gasteiger partial charge < -0.3 is 9.47 Å². The number of hydrogen-bond acceptors (Lipinski definition) is 4. The van der Waals surface area contributed by atoms with Gasteiger partial charge in [-0.1, -0.05) is 0 Å². The summed E-state index contributed by atoms with van der Waals surface area (Å²) >= 11 is 0. The number of rotatable bonds is 1. The first-order valence-electron chi connectivity index (χ1n) is 4.63. The fourth-order valence-electron chi connectivity index (χ4n) is 1.65. The zero-order chi connectivity index (χ0) is 10.6. The molecule has 1 aliphatic rings. The summed E-state index contributed by atoms with van der Waals surface area (Å²) in [6, 6.07) is -0.471. The van der Waals surface area contributed by atoms with Gasteiger partial charge in [-0.3, -0.25) is 4.90 Å². The lowest BCUT2D eigenvalue weighted by Crippen LogP contribution is -2.48. The number of piperidine rings is 1.